The van der Waals surface area contributed by atoms with Crippen LogP contribution in [0.5, 0.6) is 0 Å². The number of amides is 3. The van der Waals surface area contributed by atoms with E-state index in [1.807, 2.05) is 13.0 Å². The second-order valence-corrected chi connectivity index (χ2v) is 6.62. The maximum Gasteiger partial charge on any atom is 0.270 e. The first-order valence-corrected chi connectivity index (χ1v) is 8.18. The van der Waals surface area contributed by atoms with Crippen molar-refractivity contribution in [2.75, 3.05) is 13.1 Å². The first-order chi connectivity index (χ1) is 11.4. The molecule has 1 N–H and O–H groups in total. The molecule has 3 rings (SSSR count). The highest BCUT2D eigenvalue weighted by molar-refractivity contribution is 5.93. The fourth-order valence-corrected chi connectivity index (χ4v) is 3.49. The molecule has 2 aliphatic heterocycles. The minimum atomic E-state index is -0.438. The van der Waals surface area contributed by atoms with Gasteiger partial charge in [-0.2, -0.15) is 0 Å². The molecule has 7 heteroatoms. The Morgan fingerprint density at radius 2 is 2.04 bits per heavy atom. The highest BCUT2D eigenvalue weighted by atomic mass is 16.2. The third kappa shape index (κ3) is 2.98. The Kier molecular flexibility index (Phi) is 4.26. The molecule has 2 aliphatic rings. The van der Waals surface area contributed by atoms with Crippen LogP contribution < -0.4 is 5.32 Å². The third-order valence-corrected chi connectivity index (χ3v) is 4.81. The number of rotatable bonds is 2. The maximum absolute atomic E-state index is 12.5. The number of aromatic nitrogens is 1. The van der Waals surface area contributed by atoms with Gasteiger partial charge in [0.2, 0.25) is 11.8 Å². The van der Waals surface area contributed by atoms with Gasteiger partial charge in [0.1, 0.15) is 11.7 Å². The van der Waals surface area contributed by atoms with Crippen molar-refractivity contribution in [3.8, 4) is 0 Å². The highest BCUT2D eigenvalue weighted by Gasteiger charge is 2.44. The Bertz CT molecular complexity index is 673. The Balaban J connectivity index is 1.66. The van der Waals surface area contributed by atoms with Gasteiger partial charge in [-0.1, -0.05) is 6.07 Å². The normalized spacial score (nSPS) is 26.3. The largest absolute Gasteiger partial charge is 0.346 e. The molecule has 0 aliphatic carbocycles. The van der Waals surface area contributed by atoms with Crippen LogP contribution in [0.2, 0.25) is 0 Å². The van der Waals surface area contributed by atoms with Crippen molar-refractivity contribution < 1.29 is 14.4 Å². The molecule has 2 fully saturated rings. The van der Waals surface area contributed by atoms with Crippen molar-refractivity contribution in [1.29, 1.82) is 0 Å². The molecule has 1 aromatic rings. The van der Waals surface area contributed by atoms with Crippen molar-refractivity contribution in [1.82, 2.24) is 20.1 Å². The molecule has 7 nitrogen and oxygen atoms in total. The number of pyridine rings is 1. The Morgan fingerprint density at radius 3 is 2.67 bits per heavy atom. The molecule has 3 atom stereocenters. The van der Waals surface area contributed by atoms with E-state index in [1.165, 1.54) is 6.92 Å². The molecule has 128 valence electrons. The minimum Gasteiger partial charge on any atom is -0.346 e. The lowest BCUT2D eigenvalue weighted by atomic mass is 10.1. The third-order valence-electron chi connectivity index (χ3n) is 4.81. The van der Waals surface area contributed by atoms with Gasteiger partial charge < -0.3 is 15.1 Å². The van der Waals surface area contributed by atoms with Gasteiger partial charge in [0.05, 0.1) is 6.04 Å². The monoisotopic (exact) mass is 330 g/mol. The van der Waals surface area contributed by atoms with Gasteiger partial charge in [-0.3, -0.25) is 19.4 Å². The van der Waals surface area contributed by atoms with E-state index in [1.54, 1.807) is 29.0 Å². The molecule has 3 heterocycles. The van der Waals surface area contributed by atoms with Crippen LogP contribution in [0.4, 0.5) is 0 Å². The zero-order valence-corrected chi connectivity index (χ0v) is 14.2. The van der Waals surface area contributed by atoms with E-state index < -0.39 is 6.04 Å². The second kappa shape index (κ2) is 6.22. The van der Waals surface area contributed by atoms with Crippen LogP contribution in [-0.2, 0) is 9.59 Å². The number of aryl methyl sites for hydroxylation is 1. The van der Waals surface area contributed by atoms with E-state index in [4.69, 9.17) is 0 Å². The standard InChI is InChI=1S/C17H22N4O3/c1-10-4-5-15(18-7-10)16(23)19-13-6-14-9-20(12(3)22)11(2)17(24)21(14)8-13/h4-5,7,11,13-14H,6,8-9H2,1-3H3,(H,19,23)/t11-,13-,14-/m0/s1. The van der Waals surface area contributed by atoms with E-state index in [9.17, 15) is 14.4 Å². The van der Waals surface area contributed by atoms with Crippen LogP contribution in [0, 0.1) is 6.92 Å². The summed E-state index contributed by atoms with van der Waals surface area (Å²) < 4.78 is 0. The molecule has 0 aromatic carbocycles. The molecule has 0 unspecified atom stereocenters. The van der Waals surface area contributed by atoms with Crippen LogP contribution in [0.3, 0.4) is 0 Å². The molecule has 0 bridgehead atoms. The maximum atomic E-state index is 12.5. The minimum absolute atomic E-state index is 0.0334. The van der Waals surface area contributed by atoms with Gasteiger partial charge in [-0.05, 0) is 31.9 Å². The average molecular weight is 330 g/mol. The molecule has 24 heavy (non-hydrogen) atoms. The molecular formula is C17H22N4O3. The van der Waals surface area contributed by atoms with E-state index >= 15 is 0 Å². The average Bonchev–Trinajstić information content (AvgIpc) is 2.94. The number of carbonyl (C=O) groups excluding carboxylic acids is 3. The van der Waals surface area contributed by atoms with Gasteiger partial charge in [0.25, 0.3) is 5.91 Å². The number of hydrogen-bond donors (Lipinski definition) is 1. The van der Waals surface area contributed by atoms with E-state index in [-0.39, 0.29) is 29.8 Å². The SMILES string of the molecule is CC(=O)N1C[C@@H]2C[C@H](NC(=O)c3ccc(C)cn3)CN2C(=O)[C@@H]1C. The van der Waals surface area contributed by atoms with Crippen LogP contribution in [0.15, 0.2) is 18.3 Å². The van der Waals surface area contributed by atoms with E-state index in [2.05, 4.69) is 10.3 Å². The molecule has 0 spiro atoms. The Labute approximate surface area is 141 Å². The van der Waals surface area contributed by atoms with Crippen molar-refractivity contribution in [3.05, 3.63) is 29.6 Å². The smallest absolute Gasteiger partial charge is 0.270 e. The lowest BCUT2D eigenvalue weighted by Crippen LogP contribution is -2.59. The summed E-state index contributed by atoms with van der Waals surface area (Å²) in [5.74, 6) is -0.373. The molecule has 0 radical (unpaired) electrons. The summed E-state index contributed by atoms with van der Waals surface area (Å²) in [5, 5.41) is 2.95. The summed E-state index contributed by atoms with van der Waals surface area (Å²) in [7, 11) is 0. The van der Waals surface area contributed by atoms with Crippen LogP contribution in [0.1, 0.15) is 36.3 Å². The fourth-order valence-electron chi connectivity index (χ4n) is 3.49. The summed E-state index contributed by atoms with van der Waals surface area (Å²) in [4.78, 5) is 44.0. The van der Waals surface area contributed by atoms with Crippen LogP contribution >= 0.6 is 0 Å². The molecule has 1 aromatic heterocycles. The number of nitrogens with zero attached hydrogens (tertiary/aromatic N) is 3. The topological polar surface area (TPSA) is 82.6 Å². The summed E-state index contributed by atoms with van der Waals surface area (Å²) in [6.07, 6.45) is 2.31. The second-order valence-electron chi connectivity index (χ2n) is 6.62. The first-order valence-electron chi connectivity index (χ1n) is 8.18. The van der Waals surface area contributed by atoms with E-state index in [0.29, 0.717) is 25.2 Å². The molecule has 0 saturated carbocycles. The fraction of sp³-hybridized carbons (Fsp3) is 0.529. The van der Waals surface area contributed by atoms with Crippen molar-refractivity contribution in [2.24, 2.45) is 0 Å². The summed E-state index contributed by atoms with van der Waals surface area (Å²) in [6, 6.07) is 2.95. The molecule has 3 amide bonds. The summed E-state index contributed by atoms with van der Waals surface area (Å²) >= 11 is 0. The highest BCUT2D eigenvalue weighted by Crippen LogP contribution is 2.26. The van der Waals surface area contributed by atoms with Crippen molar-refractivity contribution in [2.45, 2.75) is 45.3 Å². The number of carbonyl (C=O) groups is 3. The predicted octanol–water partition coefficient (Wildman–Crippen LogP) is 0.340. The van der Waals surface area contributed by atoms with Gasteiger partial charge in [-0.25, -0.2) is 0 Å². The van der Waals surface area contributed by atoms with Crippen LogP contribution in [-0.4, -0.2) is 63.7 Å². The number of piperazine rings is 1. The van der Waals surface area contributed by atoms with Gasteiger partial charge in [-0.15, -0.1) is 0 Å². The Hall–Kier alpha value is -2.44. The van der Waals surface area contributed by atoms with Crippen molar-refractivity contribution >= 4 is 17.7 Å². The van der Waals surface area contributed by atoms with Crippen molar-refractivity contribution in [3.63, 3.8) is 0 Å². The summed E-state index contributed by atoms with van der Waals surface area (Å²) in [5.41, 5.74) is 1.36. The summed E-state index contributed by atoms with van der Waals surface area (Å²) in [6.45, 7) is 6.16. The first kappa shape index (κ1) is 16.4. The van der Waals surface area contributed by atoms with Gasteiger partial charge >= 0.3 is 0 Å². The van der Waals surface area contributed by atoms with E-state index in [0.717, 1.165) is 5.56 Å². The predicted molar refractivity (Wildman–Crippen MR) is 87.2 cm³/mol. The molecular weight excluding hydrogens is 308 g/mol. The lowest BCUT2D eigenvalue weighted by molar-refractivity contribution is -0.151. The Morgan fingerprint density at radius 1 is 1.29 bits per heavy atom. The number of hydrogen-bond acceptors (Lipinski definition) is 4. The lowest BCUT2D eigenvalue weighted by Gasteiger charge is -2.40. The number of fused-ring (bicyclic) bond motifs is 1. The molecule has 2 saturated heterocycles. The quantitative estimate of drug-likeness (QED) is 0.848. The van der Waals surface area contributed by atoms with Gasteiger partial charge in [0.15, 0.2) is 0 Å². The van der Waals surface area contributed by atoms with Gasteiger partial charge in [0, 0.05) is 32.3 Å². The number of nitrogens with one attached hydrogen (secondary N) is 1. The zero-order valence-electron chi connectivity index (χ0n) is 14.2. The van der Waals surface area contributed by atoms with Crippen LogP contribution in [0.25, 0.3) is 0 Å². The zero-order chi connectivity index (χ0) is 17.4.